The summed E-state index contributed by atoms with van der Waals surface area (Å²) in [5.74, 6) is -0.337. The van der Waals surface area contributed by atoms with Crippen LogP contribution in [0, 0.1) is 0 Å². The predicted molar refractivity (Wildman–Crippen MR) is 65.1 cm³/mol. The highest BCUT2D eigenvalue weighted by Crippen LogP contribution is 2.18. The zero-order valence-corrected chi connectivity index (χ0v) is 10.0. The summed E-state index contributed by atoms with van der Waals surface area (Å²) in [6, 6.07) is 5.67. The Morgan fingerprint density at radius 2 is 2.35 bits per heavy atom. The van der Waals surface area contributed by atoms with Crippen LogP contribution in [0.15, 0.2) is 41.2 Å². The normalized spacial score (nSPS) is 11.9. The lowest BCUT2D eigenvalue weighted by Crippen LogP contribution is -1.93. The van der Waals surface area contributed by atoms with Gasteiger partial charge >= 0.3 is 5.97 Å². The van der Waals surface area contributed by atoms with E-state index in [-0.39, 0.29) is 0 Å². The first-order chi connectivity index (χ1) is 8.16. The monoisotopic (exact) mass is 249 g/mol. The predicted octanol–water partition coefficient (Wildman–Crippen LogP) is 1.85. The third-order valence-electron chi connectivity index (χ3n) is 2.08. The second kappa shape index (κ2) is 5.01. The molecule has 2 aromatic rings. The van der Waals surface area contributed by atoms with Gasteiger partial charge in [0.15, 0.2) is 10.8 Å². The van der Waals surface area contributed by atoms with Crippen LogP contribution < -0.4 is 0 Å². The Hall–Kier alpha value is -1.82. The van der Waals surface area contributed by atoms with E-state index in [9.17, 15) is 4.79 Å². The van der Waals surface area contributed by atoms with E-state index in [1.807, 2.05) is 28.8 Å². The molecule has 0 radical (unpaired) electrons. The zero-order valence-electron chi connectivity index (χ0n) is 9.20. The van der Waals surface area contributed by atoms with Crippen LogP contribution in [0.1, 0.15) is 6.92 Å². The molecule has 0 saturated carbocycles. The van der Waals surface area contributed by atoms with Gasteiger partial charge in [-0.15, -0.1) is 10.2 Å². The molecule has 5 nitrogen and oxygen atoms in total. The van der Waals surface area contributed by atoms with E-state index >= 15 is 0 Å². The molecule has 0 atom stereocenters. The molecular formula is C11H11N3O2S. The molecule has 0 saturated heterocycles. The number of nitrogens with zero attached hydrogens (tertiary/aromatic N) is 3. The molecule has 0 aliphatic heterocycles. The number of thioether (sulfide) groups is 1. The van der Waals surface area contributed by atoms with Gasteiger partial charge in [-0.2, -0.15) is 0 Å². The highest BCUT2D eigenvalue weighted by Gasteiger charge is 2.05. The van der Waals surface area contributed by atoms with Gasteiger partial charge in [0, 0.05) is 18.0 Å². The minimum atomic E-state index is -0.922. The van der Waals surface area contributed by atoms with Crippen molar-refractivity contribution >= 4 is 23.4 Å². The fourth-order valence-corrected chi connectivity index (χ4v) is 2.18. The van der Waals surface area contributed by atoms with Crippen LogP contribution in [-0.4, -0.2) is 31.4 Å². The van der Waals surface area contributed by atoms with Crippen molar-refractivity contribution in [3.63, 3.8) is 0 Å². The second-order valence-corrected chi connectivity index (χ2v) is 4.47. The summed E-state index contributed by atoms with van der Waals surface area (Å²) in [6.45, 7) is 1.78. The number of aromatic nitrogens is 3. The van der Waals surface area contributed by atoms with Gasteiger partial charge in [0.2, 0.25) is 0 Å². The Labute approximate surface area is 102 Å². The molecule has 0 aliphatic carbocycles. The number of pyridine rings is 1. The molecule has 2 aromatic heterocycles. The van der Waals surface area contributed by atoms with Crippen molar-refractivity contribution in [3.8, 4) is 0 Å². The Balaban J connectivity index is 2.12. The molecule has 0 aliphatic rings. The molecule has 2 heterocycles. The van der Waals surface area contributed by atoms with Gasteiger partial charge in [-0.05, 0) is 19.1 Å². The SMILES string of the molecule is CC(=CC(=O)O)CSc1nnc2ccccn12. The van der Waals surface area contributed by atoms with Crippen LogP contribution in [0.3, 0.4) is 0 Å². The fourth-order valence-electron chi connectivity index (χ4n) is 1.35. The van der Waals surface area contributed by atoms with E-state index in [0.29, 0.717) is 5.75 Å². The molecule has 0 unspecified atom stereocenters. The van der Waals surface area contributed by atoms with E-state index in [4.69, 9.17) is 5.11 Å². The number of carbonyl (C=O) groups is 1. The van der Waals surface area contributed by atoms with E-state index < -0.39 is 5.97 Å². The Morgan fingerprint density at radius 1 is 1.53 bits per heavy atom. The Morgan fingerprint density at radius 3 is 3.12 bits per heavy atom. The third-order valence-corrected chi connectivity index (χ3v) is 3.22. The van der Waals surface area contributed by atoms with Gasteiger partial charge < -0.3 is 5.11 Å². The van der Waals surface area contributed by atoms with Gasteiger partial charge in [-0.25, -0.2) is 4.79 Å². The first-order valence-corrected chi connectivity index (χ1v) is 5.98. The van der Waals surface area contributed by atoms with Crippen molar-refractivity contribution in [3.05, 3.63) is 36.0 Å². The minimum absolute atomic E-state index is 0.585. The second-order valence-electron chi connectivity index (χ2n) is 3.53. The summed E-state index contributed by atoms with van der Waals surface area (Å²) >= 11 is 1.46. The number of hydrogen-bond acceptors (Lipinski definition) is 4. The van der Waals surface area contributed by atoms with Crippen LogP contribution in [0.25, 0.3) is 5.65 Å². The average molecular weight is 249 g/mol. The van der Waals surface area contributed by atoms with Crippen molar-refractivity contribution in [1.82, 2.24) is 14.6 Å². The highest BCUT2D eigenvalue weighted by atomic mass is 32.2. The number of rotatable bonds is 4. The zero-order chi connectivity index (χ0) is 12.3. The molecule has 88 valence electrons. The fraction of sp³-hybridized carbons (Fsp3) is 0.182. The summed E-state index contributed by atoms with van der Waals surface area (Å²) < 4.78 is 1.87. The minimum Gasteiger partial charge on any atom is -0.478 e. The molecule has 0 spiro atoms. The van der Waals surface area contributed by atoms with Crippen LogP contribution >= 0.6 is 11.8 Å². The molecule has 0 bridgehead atoms. The van der Waals surface area contributed by atoms with Gasteiger partial charge in [-0.3, -0.25) is 4.40 Å². The Bertz CT molecular complexity index is 577. The molecule has 0 aromatic carbocycles. The van der Waals surface area contributed by atoms with E-state index in [2.05, 4.69) is 10.2 Å². The molecule has 0 amide bonds. The largest absolute Gasteiger partial charge is 0.478 e. The smallest absolute Gasteiger partial charge is 0.328 e. The first kappa shape index (κ1) is 11.7. The summed E-state index contributed by atoms with van der Waals surface area (Å²) in [5, 5.41) is 17.4. The Kier molecular flexibility index (Phi) is 3.43. The summed E-state index contributed by atoms with van der Waals surface area (Å²) in [6.07, 6.45) is 3.09. The topological polar surface area (TPSA) is 67.5 Å². The van der Waals surface area contributed by atoms with Crippen LogP contribution in [0.5, 0.6) is 0 Å². The number of aliphatic carboxylic acids is 1. The number of carboxylic acid groups (broad SMARTS) is 1. The number of fused-ring (bicyclic) bond motifs is 1. The van der Waals surface area contributed by atoms with Crippen LogP contribution in [0.2, 0.25) is 0 Å². The average Bonchev–Trinajstić information content (AvgIpc) is 2.69. The molecular weight excluding hydrogens is 238 g/mol. The standard InChI is InChI=1S/C11H11N3O2S/c1-8(6-10(15)16)7-17-11-13-12-9-4-2-3-5-14(9)11/h2-6H,7H2,1H3,(H,15,16). The van der Waals surface area contributed by atoms with Crippen LogP contribution in [-0.2, 0) is 4.79 Å². The molecule has 1 N–H and O–H groups in total. The number of carboxylic acids is 1. The van der Waals surface area contributed by atoms with Crippen molar-refractivity contribution in [2.24, 2.45) is 0 Å². The van der Waals surface area contributed by atoms with Gasteiger partial charge in [0.25, 0.3) is 0 Å². The maximum Gasteiger partial charge on any atom is 0.328 e. The number of hydrogen-bond donors (Lipinski definition) is 1. The molecule has 2 rings (SSSR count). The summed E-state index contributed by atoms with van der Waals surface area (Å²) in [5.41, 5.74) is 1.57. The van der Waals surface area contributed by atoms with Crippen molar-refractivity contribution in [2.45, 2.75) is 12.1 Å². The molecule has 17 heavy (non-hydrogen) atoms. The quantitative estimate of drug-likeness (QED) is 0.661. The summed E-state index contributed by atoms with van der Waals surface area (Å²) in [7, 11) is 0. The summed E-state index contributed by atoms with van der Waals surface area (Å²) in [4.78, 5) is 10.5. The van der Waals surface area contributed by atoms with Gasteiger partial charge in [0.05, 0.1) is 0 Å². The van der Waals surface area contributed by atoms with Crippen molar-refractivity contribution in [2.75, 3.05) is 5.75 Å². The molecule has 6 heteroatoms. The maximum absolute atomic E-state index is 10.5. The maximum atomic E-state index is 10.5. The van der Waals surface area contributed by atoms with Gasteiger partial charge in [0.1, 0.15) is 0 Å². The van der Waals surface area contributed by atoms with E-state index in [1.54, 1.807) is 6.92 Å². The lowest BCUT2D eigenvalue weighted by atomic mass is 10.3. The van der Waals surface area contributed by atoms with Crippen LogP contribution in [0.4, 0.5) is 0 Å². The van der Waals surface area contributed by atoms with E-state index in [1.165, 1.54) is 17.8 Å². The highest BCUT2D eigenvalue weighted by molar-refractivity contribution is 7.99. The van der Waals surface area contributed by atoms with Crippen molar-refractivity contribution < 1.29 is 9.90 Å². The van der Waals surface area contributed by atoms with Crippen molar-refractivity contribution in [1.29, 1.82) is 0 Å². The lowest BCUT2D eigenvalue weighted by Gasteiger charge is -1.99. The lowest BCUT2D eigenvalue weighted by molar-refractivity contribution is -0.131. The first-order valence-electron chi connectivity index (χ1n) is 4.99. The van der Waals surface area contributed by atoms with Gasteiger partial charge in [-0.1, -0.05) is 23.4 Å². The van der Waals surface area contributed by atoms with E-state index in [0.717, 1.165) is 16.4 Å². The third kappa shape index (κ3) is 2.85. The molecule has 0 fully saturated rings.